The van der Waals surface area contributed by atoms with Gasteiger partial charge in [-0.3, -0.25) is 14.8 Å². The number of amides is 1. The number of nitrogens with one attached hydrogen (secondary N) is 1. The molecule has 1 fully saturated rings. The van der Waals surface area contributed by atoms with Crippen molar-refractivity contribution in [2.45, 2.75) is 18.8 Å². The topological polar surface area (TPSA) is 83.9 Å². The van der Waals surface area contributed by atoms with E-state index >= 15 is 0 Å². The molecule has 0 saturated carbocycles. The Hall–Kier alpha value is -3.35. The highest BCUT2D eigenvalue weighted by Crippen LogP contribution is 2.29. The maximum Gasteiger partial charge on any atom is 0.255 e. The number of carbonyl (C=O) groups excluding carboxylic acids is 1. The van der Waals surface area contributed by atoms with Gasteiger partial charge in [0.25, 0.3) is 5.91 Å². The summed E-state index contributed by atoms with van der Waals surface area (Å²) in [4.78, 5) is 32.2. The SMILES string of the molecule is CNc1cc([C@@H]2CCCN(C(=O)c3cccnc3)C2)nc(-c2ccncc2)n1. The van der Waals surface area contributed by atoms with Crippen molar-refractivity contribution in [2.75, 3.05) is 25.5 Å². The van der Waals surface area contributed by atoms with E-state index in [1.54, 1.807) is 30.9 Å². The van der Waals surface area contributed by atoms with Gasteiger partial charge in [-0.1, -0.05) is 0 Å². The molecule has 0 bridgehead atoms. The molecule has 142 valence electrons. The molecule has 7 nitrogen and oxygen atoms in total. The van der Waals surface area contributed by atoms with Gasteiger partial charge >= 0.3 is 0 Å². The lowest BCUT2D eigenvalue weighted by Gasteiger charge is -2.32. The molecular formula is C21H22N6O. The van der Waals surface area contributed by atoms with Gasteiger partial charge in [-0.05, 0) is 37.1 Å². The highest BCUT2D eigenvalue weighted by molar-refractivity contribution is 5.94. The lowest BCUT2D eigenvalue weighted by molar-refractivity contribution is 0.0705. The van der Waals surface area contributed by atoms with Crippen LogP contribution < -0.4 is 5.32 Å². The summed E-state index contributed by atoms with van der Waals surface area (Å²) in [6.45, 7) is 1.40. The third kappa shape index (κ3) is 3.83. The molecule has 0 aliphatic carbocycles. The van der Waals surface area contributed by atoms with Crippen LogP contribution in [0.5, 0.6) is 0 Å². The predicted molar refractivity (Wildman–Crippen MR) is 107 cm³/mol. The maximum absolute atomic E-state index is 12.8. The number of likely N-dealkylation sites (tertiary alicyclic amines) is 1. The minimum atomic E-state index is 0.0232. The number of anilines is 1. The van der Waals surface area contributed by atoms with Crippen molar-refractivity contribution < 1.29 is 4.79 Å². The third-order valence-electron chi connectivity index (χ3n) is 4.98. The molecule has 1 saturated heterocycles. The van der Waals surface area contributed by atoms with Gasteiger partial charge in [0.15, 0.2) is 5.82 Å². The second kappa shape index (κ2) is 8.12. The van der Waals surface area contributed by atoms with Crippen LogP contribution >= 0.6 is 0 Å². The fraction of sp³-hybridized carbons (Fsp3) is 0.286. The van der Waals surface area contributed by atoms with Gasteiger partial charge in [0.1, 0.15) is 5.82 Å². The summed E-state index contributed by atoms with van der Waals surface area (Å²) in [5.74, 6) is 1.63. The van der Waals surface area contributed by atoms with Gasteiger partial charge in [-0.15, -0.1) is 0 Å². The molecule has 4 heterocycles. The van der Waals surface area contributed by atoms with E-state index in [4.69, 9.17) is 4.98 Å². The smallest absolute Gasteiger partial charge is 0.255 e. The molecule has 3 aromatic rings. The Balaban J connectivity index is 1.60. The number of hydrogen-bond donors (Lipinski definition) is 1. The number of piperidine rings is 1. The monoisotopic (exact) mass is 374 g/mol. The Kier molecular flexibility index (Phi) is 5.23. The normalized spacial score (nSPS) is 16.6. The third-order valence-corrected chi connectivity index (χ3v) is 4.98. The second-order valence-corrected chi connectivity index (χ2v) is 6.82. The highest BCUT2D eigenvalue weighted by Gasteiger charge is 2.27. The first-order valence-electron chi connectivity index (χ1n) is 9.41. The maximum atomic E-state index is 12.8. The van der Waals surface area contributed by atoms with Crippen LogP contribution in [0.15, 0.2) is 55.1 Å². The lowest BCUT2D eigenvalue weighted by Crippen LogP contribution is -2.39. The highest BCUT2D eigenvalue weighted by atomic mass is 16.2. The van der Waals surface area contributed by atoms with Gasteiger partial charge in [-0.25, -0.2) is 9.97 Å². The number of pyridine rings is 2. The summed E-state index contributed by atoms with van der Waals surface area (Å²) in [6, 6.07) is 9.38. The number of carbonyl (C=O) groups is 1. The Labute approximate surface area is 163 Å². The van der Waals surface area contributed by atoms with Gasteiger partial charge in [-0.2, -0.15) is 0 Å². The van der Waals surface area contributed by atoms with Crippen LogP contribution in [0.25, 0.3) is 11.4 Å². The molecule has 0 aromatic carbocycles. The second-order valence-electron chi connectivity index (χ2n) is 6.82. The van der Waals surface area contributed by atoms with Crippen molar-refractivity contribution in [1.29, 1.82) is 0 Å². The zero-order valence-electron chi connectivity index (χ0n) is 15.7. The van der Waals surface area contributed by atoms with Crippen LogP contribution in [0.4, 0.5) is 5.82 Å². The van der Waals surface area contributed by atoms with Crippen LogP contribution in [0.3, 0.4) is 0 Å². The zero-order chi connectivity index (χ0) is 19.3. The van der Waals surface area contributed by atoms with E-state index < -0.39 is 0 Å². The fourth-order valence-electron chi connectivity index (χ4n) is 3.51. The Morgan fingerprint density at radius 3 is 2.75 bits per heavy atom. The van der Waals surface area contributed by atoms with Crippen LogP contribution in [-0.2, 0) is 0 Å². The van der Waals surface area contributed by atoms with E-state index in [1.807, 2.05) is 36.2 Å². The lowest BCUT2D eigenvalue weighted by atomic mass is 9.93. The summed E-state index contributed by atoms with van der Waals surface area (Å²) in [7, 11) is 1.85. The molecule has 1 atom stereocenters. The summed E-state index contributed by atoms with van der Waals surface area (Å²) in [6.07, 6.45) is 8.71. The Bertz CT molecular complexity index is 948. The predicted octanol–water partition coefficient (Wildman–Crippen LogP) is 3.00. The number of hydrogen-bond acceptors (Lipinski definition) is 6. The summed E-state index contributed by atoms with van der Waals surface area (Å²) < 4.78 is 0. The first-order chi connectivity index (χ1) is 13.7. The molecule has 3 aromatic heterocycles. The molecule has 1 aliphatic heterocycles. The van der Waals surface area contributed by atoms with E-state index in [2.05, 4.69) is 20.3 Å². The van der Waals surface area contributed by atoms with Crippen LogP contribution in [0, 0.1) is 0 Å². The molecule has 28 heavy (non-hydrogen) atoms. The average Bonchev–Trinajstić information content (AvgIpc) is 2.79. The molecule has 4 rings (SSSR count). The van der Waals surface area contributed by atoms with Gasteiger partial charge in [0.05, 0.1) is 11.3 Å². The van der Waals surface area contributed by atoms with Gasteiger partial charge in [0, 0.05) is 62.5 Å². The van der Waals surface area contributed by atoms with E-state index in [0.717, 1.165) is 36.5 Å². The minimum absolute atomic E-state index is 0.0232. The van der Waals surface area contributed by atoms with Gasteiger partial charge in [0.2, 0.25) is 0 Å². The molecule has 1 amide bonds. The van der Waals surface area contributed by atoms with E-state index in [-0.39, 0.29) is 11.8 Å². The summed E-state index contributed by atoms with van der Waals surface area (Å²) in [5, 5.41) is 3.12. The fourth-order valence-corrected chi connectivity index (χ4v) is 3.51. The Morgan fingerprint density at radius 1 is 1.14 bits per heavy atom. The van der Waals surface area contributed by atoms with Crippen LogP contribution in [0.1, 0.15) is 34.8 Å². The Morgan fingerprint density at radius 2 is 2.00 bits per heavy atom. The average molecular weight is 374 g/mol. The van der Waals surface area contributed by atoms with Crippen molar-refractivity contribution in [3.8, 4) is 11.4 Å². The van der Waals surface area contributed by atoms with Crippen molar-refractivity contribution in [3.63, 3.8) is 0 Å². The number of nitrogens with zero attached hydrogens (tertiary/aromatic N) is 5. The standard InChI is InChI=1S/C21H22N6O/c1-22-19-12-18(25-20(26-19)15-6-9-23-10-7-15)17-5-3-11-27(14-17)21(28)16-4-2-8-24-13-16/h2,4,6-10,12-13,17H,3,5,11,14H2,1H3,(H,22,25,26)/t17-/m1/s1. The quantitative estimate of drug-likeness (QED) is 0.756. The van der Waals surface area contributed by atoms with Crippen molar-refractivity contribution in [3.05, 3.63) is 66.4 Å². The van der Waals surface area contributed by atoms with Gasteiger partial charge < -0.3 is 10.2 Å². The van der Waals surface area contributed by atoms with E-state index in [9.17, 15) is 4.79 Å². The first kappa shape index (κ1) is 18.0. The molecule has 7 heteroatoms. The van der Waals surface area contributed by atoms with Crippen LogP contribution in [0.2, 0.25) is 0 Å². The van der Waals surface area contributed by atoms with Crippen molar-refractivity contribution >= 4 is 11.7 Å². The number of rotatable bonds is 4. The molecule has 0 spiro atoms. The molecule has 1 aliphatic rings. The zero-order valence-corrected chi connectivity index (χ0v) is 15.7. The largest absolute Gasteiger partial charge is 0.373 e. The number of aromatic nitrogens is 4. The summed E-state index contributed by atoms with van der Waals surface area (Å²) in [5.41, 5.74) is 2.50. The van der Waals surface area contributed by atoms with Crippen molar-refractivity contribution in [2.24, 2.45) is 0 Å². The molecule has 0 radical (unpaired) electrons. The molecule has 0 unspecified atom stereocenters. The molecular weight excluding hydrogens is 352 g/mol. The van der Waals surface area contributed by atoms with Crippen LogP contribution in [-0.4, -0.2) is 50.9 Å². The van der Waals surface area contributed by atoms with E-state index in [0.29, 0.717) is 17.9 Å². The first-order valence-corrected chi connectivity index (χ1v) is 9.41. The minimum Gasteiger partial charge on any atom is -0.373 e. The summed E-state index contributed by atoms with van der Waals surface area (Å²) >= 11 is 0. The van der Waals surface area contributed by atoms with Crippen molar-refractivity contribution in [1.82, 2.24) is 24.8 Å². The molecule has 1 N–H and O–H groups in total. The van der Waals surface area contributed by atoms with E-state index in [1.165, 1.54) is 0 Å².